The highest BCUT2D eigenvalue weighted by Gasteiger charge is 2.24. The van der Waals surface area contributed by atoms with Gasteiger partial charge in [-0.3, -0.25) is 9.69 Å². The topological polar surface area (TPSA) is 61.8 Å². The number of benzene rings is 1. The van der Waals surface area contributed by atoms with E-state index in [9.17, 15) is 9.90 Å². The van der Waals surface area contributed by atoms with Gasteiger partial charge in [-0.15, -0.1) is 0 Å². The van der Waals surface area contributed by atoms with E-state index in [1.54, 1.807) is 0 Å². The Morgan fingerprint density at radius 2 is 2.05 bits per heavy atom. The zero-order valence-electron chi connectivity index (χ0n) is 11.1. The van der Waals surface area contributed by atoms with Crippen molar-refractivity contribution < 1.29 is 14.6 Å². The van der Waals surface area contributed by atoms with Crippen LogP contribution in [0.25, 0.3) is 0 Å². The summed E-state index contributed by atoms with van der Waals surface area (Å²) in [6, 6.07) is 3.97. The minimum absolute atomic E-state index is 0.00583. The molecular formula is C13H15I3N2O3. The number of hydrogen-bond acceptors (Lipinski definition) is 4. The molecule has 21 heavy (non-hydrogen) atoms. The molecule has 1 heterocycles. The van der Waals surface area contributed by atoms with Crippen molar-refractivity contribution in [3.63, 3.8) is 0 Å². The molecule has 1 unspecified atom stereocenters. The highest BCUT2D eigenvalue weighted by atomic mass is 127. The second-order valence-electron chi connectivity index (χ2n) is 4.67. The maximum absolute atomic E-state index is 12.2. The van der Waals surface area contributed by atoms with Crippen LogP contribution in [0.4, 0.5) is 5.69 Å². The SMILES string of the molecule is O=C(CN1CCOCC1CO)Nc1c(I)cc(I)cc1I. The summed E-state index contributed by atoms with van der Waals surface area (Å²) < 4.78 is 8.52. The van der Waals surface area contributed by atoms with E-state index in [0.29, 0.717) is 19.8 Å². The lowest BCUT2D eigenvalue weighted by molar-refractivity contribution is -0.120. The van der Waals surface area contributed by atoms with Crippen molar-refractivity contribution in [2.45, 2.75) is 6.04 Å². The first kappa shape index (κ1) is 18.1. The molecule has 0 aromatic heterocycles. The summed E-state index contributed by atoms with van der Waals surface area (Å²) in [4.78, 5) is 14.2. The van der Waals surface area contributed by atoms with E-state index >= 15 is 0 Å². The van der Waals surface area contributed by atoms with Crippen molar-refractivity contribution in [2.75, 3.05) is 38.2 Å². The first-order chi connectivity index (χ1) is 10.0. The number of hydrogen-bond donors (Lipinski definition) is 2. The van der Waals surface area contributed by atoms with Gasteiger partial charge in [0, 0.05) is 17.3 Å². The number of anilines is 1. The fourth-order valence-electron chi connectivity index (χ4n) is 2.09. The molecule has 1 saturated heterocycles. The van der Waals surface area contributed by atoms with Gasteiger partial charge < -0.3 is 15.2 Å². The third kappa shape index (κ3) is 5.12. The van der Waals surface area contributed by atoms with E-state index in [2.05, 4.69) is 73.1 Å². The molecule has 0 aliphatic carbocycles. The van der Waals surface area contributed by atoms with Gasteiger partial charge in [-0.2, -0.15) is 0 Å². The van der Waals surface area contributed by atoms with Gasteiger partial charge in [0.15, 0.2) is 0 Å². The number of halogens is 3. The van der Waals surface area contributed by atoms with Crippen LogP contribution in [0.15, 0.2) is 12.1 Å². The average Bonchev–Trinajstić information content (AvgIpc) is 2.43. The number of aliphatic hydroxyl groups is 1. The number of ether oxygens (including phenoxy) is 1. The zero-order chi connectivity index (χ0) is 15.4. The van der Waals surface area contributed by atoms with Gasteiger partial charge in [-0.25, -0.2) is 0 Å². The summed E-state index contributed by atoms with van der Waals surface area (Å²) in [5, 5.41) is 12.3. The van der Waals surface area contributed by atoms with Gasteiger partial charge in [0.25, 0.3) is 0 Å². The van der Waals surface area contributed by atoms with Gasteiger partial charge in [0.2, 0.25) is 5.91 Å². The minimum Gasteiger partial charge on any atom is -0.395 e. The quantitative estimate of drug-likeness (QED) is 0.503. The lowest BCUT2D eigenvalue weighted by atomic mass is 10.2. The maximum atomic E-state index is 12.2. The molecule has 8 heteroatoms. The number of morpholine rings is 1. The molecule has 0 saturated carbocycles. The maximum Gasteiger partial charge on any atom is 0.238 e. The van der Waals surface area contributed by atoms with Crippen LogP contribution in [0.1, 0.15) is 0 Å². The van der Waals surface area contributed by atoms with Crippen molar-refractivity contribution in [1.29, 1.82) is 0 Å². The second-order valence-corrected chi connectivity index (χ2v) is 8.24. The van der Waals surface area contributed by atoms with E-state index in [1.807, 2.05) is 17.0 Å². The fourth-order valence-corrected chi connectivity index (χ4v) is 5.94. The molecule has 0 spiro atoms. The number of aliphatic hydroxyl groups excluding tert-OH is 1. The molecule has 0 bridgehead atoms. The van der Waals surface area contributed by atoms with Gasteiger partial charge in [-0.05, 0) is 79.9 Å². The molecule has 1 fully saturated rings. The molecule has 1 amide bonds. The molecule has 2 N–H and O–H groups in total. The molecule has 1 aliphatic rings. The second kappa shape index (κ2) is 8.57. The highest BCUT2D eigenvalue weighted by Crippen LogP contribution is 2.27. The Morgan fingerprint density at radius 1 is 1.38 bits per heavy atom. The molecule has 0 radical (unpaired) electrons. The molecule has 1 aliphatic heterocycles. The van der Waals surface area contributed by atoms with E-state index < -0.39 is 0 Å². The summed E-state index contributed by atoms with van der Waals surface area (Å²) in [5.74, 6) is -0.0626. The molecule has 2 rings (SSSR count). The molecule has 1 aromatic rings. The largest absolute Gasteiger partial charge is 0.395 e. The van der Waals surface area contributed by atoms with Crippen molar-refractivity contribution in [3.8, 4) is 0 Å². The van der Waals surface area contributed by atoms with Crippen LogP contribution in [0, 0.1) is 10.7 Å². The standard InChI is InChI=1S/C13H15I3N2O3/c14-8-3-10(15)13(11(16)4-8)17-12(20)5-18-1-2-21-7-9(18)6-19/h3-4,9,19H,1-2,5-7H2,(H,17,20). The lowest BCUT2D eigenvalue weighted by Gasteiger charge is -2.33. The van der Waals surface area contributed by atoms with Crippen molar-refractivity contribution in [2.24, 2.45) is 0 Å². The number of carbonyl (C=O) groups is 1. The molecule has 1 atom stereocenters. The Hall–Kier alpha value is 0.760. The third-order valence-electron chi connectivity index (χ3n) is 3.18. The molecular weight excluding hydrogens is 613 g/mol. The highest BCUT2D eigenvalue weighted by molar-refractivity contribution is 14.1. The van der Waals surface area contributed by atoms with E-state index in [0.717, 1.165) is 16.4 Å². The summed E-state index contributed by atoms with van der Waals surface area (Å²) in [6.45, 7) is 2.02. The summed E-state index contributed by atoms with van der Waals surface area (Å²) in [7, 11) is 0. The monoisotopic (exact) mass is 628 g/mol. The number of amides is 1. The first-order valence-electron chi connectivity index (χ1n) is 6.38. The van der Waals surface area contributed by atoms with Crippen LogP contribution in [0.5, 0.6) is 0 Å². The number of rotatable bonds is 4. The summed E-state index contributed by atoms with van der Waals surface area (Å²) in [5.41, 5.74) is 0.857. The van der Waals surface area contributed by atoms with Gasteiger partial charge in [-0.1, -0.05) is 0 Å². The molecule has 5 nitrogen and oxygen atoms in total. The Kier molecular flexibility index (Phi) is 7.39. The van der Waals surface area contributed by atoms with Crippen LogP contribution >= 0.6 is 67.8 Å². The van der Waals surface area contributed by atoms with Gasteiger partial charge in [0.05, 0.1) is 38.1 Å². The zero-order valence-corrected chi connectivity index (χ0v) is 17.6. The normalized spacial score (nSPS) is 19.5. The van der Waals surface area contributed by atoms with E-state index in [1.165, 1.54) is 0 Å². The van der Waals surface area contributed by atoms with Crippen molar-refractivity contribution >= 4 is 79.4 Å². The summed E-state index contributed by atoms with van der Waals surface area (Å²) in [6.07, 6.45) is 0. The third-order valence-corrected chi connectivity index (χ3v) is 5.50. The first-order valence-corrected chi connectivity index (χ1v) is 9.62. The Bertz CT molecular complexity index is 504. The predicted octanol–water partition coefficient (Wildman–Crippen LogP) is 2.13. The Balaban J connectivity index is 2.01. The average molecular weight is 628 g/mol. The van der Waals surface area contributed by atoms with Gasteiger partial charge >= 0.3 is 0 Å². The summed E-state index contributed by atoms with van der Waals surface area (Å²) >= 11 is 6.72. The smallest absolute Gasteiger partial charge is 0.238 e. The van der Waals surface area contributed by atoms with Crippen LogP contribution in [0.2, 0.25) is 0 Å². The van der Waals surface area contributed by atoms with Crippen molar-refractivity contribution in [3.05, 3.63) is 22.8 Å². The van der Waals surface area contributed by atoms with Gasteiger partial charge in [0.1, 0.15) is 0 Å². The van der Waals surface area contributed by atoms with Crippen LogP contribution in [-0.4, -0.2) is 54.9 Å². The van der Waals surface area contributed by atoms with E-state index in [4.69, 9.17) is 4.74 Å². The Labute approximate surface area is 164 Å². The van der Waals surface area contributed by atoms with E-state index in [-0.39, 0.29) is 25.1 Å². The molecule has 1 aromatic carbocycles. The fraction of sp³-hybridized carbons (Fsp3) is 0.462. The number of carbonyl (C=O) groups excluding carboxylic acids is 1. The van der Waals surface area contributed by atoms with Crippen LogP contribution in [0.3, 0.4) is 0 Å². The molecule has 116 valence electrons. The Morgan fingerprint density at radius 3 is 2.67 bits per heavy atom. The minimum atomic E-state index is -0.0978. The van der Waals surface area contributed by atoms with Crippen molar-refractivity contribution in [1.82, 2.24) is 4.90 Å². The lowest BCUT2D eigenvalue weighted by Crippen LogP contribution is -2.50. The number of nitrogens with zero attached hydrogens (tertiary/aromatic N) is 1. The number of nitrogens with one attached hydrogen (secondary N) is 1. The van der Waals surface area contributed by atoms with Crippen LogP contribution in [-0.2, 0) is 9.53 Å². The van der Waals surface area contributed by atoms with Crippen LogP contribution < -0.4 is 5.32 Å². The predicted molar refractivity (Wildman–Crippen MR) is 106 cm³/mol.